The van der Waals surface area contributed by atoms with Gasteiger partial charge in [-0.25, -0.2) is 0 Å². The van der Waals surface area contributed by atoms with Crippen LogP contribution in [0.25, 0.3) is 11.0 Å². The summed E-state index contributed by atoms with van der Waals surface area (Å²) in [6.45, 7) is 5.15. The Balaban J connectivity index is 2.25. The van der Waals surface area contributed by atoms with E-state index in [1.807, 2.05) is 24.5 Å². The van der Waals surface area contributed by atoms with Crippen molar-refractivity contribution >= 4 is 11.0 Å². The van der Waals surface area contributed by atoms with Crippen LogP contribution in [0.15, 0.2) is 34.9 Å². The molecular weight excluding hydrogens is 174 g/mol. The Kier molecular flexibility index (Phi) is 2.55. The van der Waals surface area contributed by atoms with Crippen LogP contribution in [0.3, 0.4) is 0 Å². The molecule has 74 valence electrons. The fraction of sp³-hybridized carbons (Fsp3) is 0.333. The zero-order chi connectivity index (χ0) is 9.97. The normalized spacial score (nSPS) is 11.4. The largest absolute Gasteiger partial charge is 0.464 e. The summed E-state index contributed by atoms with van der Waals surface area (Å²) >= 11 is 0. The van der Waals surface area contributed by atoms with Crippen LogP contribution in [-0.4, -0.2) is 6.04 Å². The third-order valence-electron chi connectivity index (χ3n) is 2.26. The predicted molar refractivity (Wildman–Crippen MR) is 58.2 cm³/mol. The molecule has 0 aliphatic carbocycles. The monoisotopic (exact) mass is 189 g/mol. The van der Waals surface area contributed by atoms with Gasteiger partial charge in [-0.3, -0.25) is 0 Å². The lowest BCUT2D eigenvalue weighted by Crippen LogP contribution is -2.21. The maximum Gasteiger partial charge on any atom is 0.134 e. The van der Waals surface area contributed by atoms with Crippen molar-refractivity contribution in [2.45, 2.75) is 26.4 Å². The van der Waals surface area contributed by atoms with E-state index in [2.05, 4.69) is 25.2 Å². The molecule has 0 aliphatic rings. The zero-order valence-electron chi connectivity index (χ0n) is 8.58. The van der Waals surface area contributed by atoms with Crippen LogP contribution in [0, 0.1) is 0 Å². The van der Waals surface area contributed by atoms with E-state index in [0.29, 0.717) is 6.04 Å². The first kappa shape index (κ1) is 9.28. The topological polar surface area (TPSA) is 25.2 Å². The van der Waals surface area contributed by atoms with Gasteiger partial charge in [0.2, 0.25) is 0 Å². The fourth-order valence-electron chi connectivity index (χ4n) is 1.48. The molecule has 0 fully saturated rings. The Labute approximate surface area is 83.9 Å². The molecule has 2 nitrogen and oxygen atoms in total. The SMILES string of the molecule is CC(C)NCc1coc2ccccc12. The van der Waals surface area contributed by atoms with Crippen molar-refractivity contribution in [3.05, 3.63) is 36.1 Å². The van der Waals surface area contributed by atoms with Crippen molar-refractivity contribution < 1.29 is 4.42 Å². The second-order valence-electron chi connectivity index (χ2n) is 3.79. The average Bonchev–Trinajstić information content (AvgIpc) is 2.58. The van der Waals surface area contributed by atoms with Crippen LogP contribution in [-0.2, 0) is 6.54 Å². The van der Waals surface area contributed by atoms with Gasteiger partial charge in [-0.2, -0.15) is 0 Å². The minimum atomic E-state index is 0.503. The Morgan fingerprint density at radius 3 is 2.86 bits per heavy atom. The van der Waals surface area contributed by atoms with Crippen molar-refractivity contribution in [1.29, 1.82) is 0 Å². The molecule has 2 heteroatoms. The van der Waals surface area contributed by atoms with Crippen molar-refractivity contribution in [3.63, 3.8) is 0 Å². The van der Waals surface area contributed by atoms with Crippen LogP contribution >= 0.6 is 0 Å². The number of benzene rings is 1. The highest BCUT2D eigenvalue weighted by Crippen LogP contribution is 2.20. The van der Waals surface area contributed by atoms with Crippen molar-refractivity contribution in [1.82, 2.24) is 5.32 Å². The van der Waals surface area contributed by atoms with Crippen molar-refractivity contribution in [2.75, 3.05) is 0 Å². The summed E-state index contributed by atoms with van der Waals surface area (Å²) in [5.74, 6) is 0. The minimum absolute atomic E-state index is 0.503. The van der Waals surface area contributed by atoms with E-state index in [0.717, 1.165) is 12.1 Å². The van der Waals surface area contributed by atoms with E-state index < -0.39 is 0 Å². The van der Waals surface area contributed by atoms with Gasteiger partial charge in [0.15, 0.2) is 0 Å². The summed E-state index contributed by atoms with van der Waals surface area (Å²) in [5.41, 5.74) is 2.20. The Hall–Kier alpha value is -1.28. The molecule has 0 bridgehead atoms. The maximum absolute atomic E-state index is 5.44. The highest BCUT2D eigenvalue weighted by molar-refractivity contribution is 5.80. The Morgan fingerprint density at radius 1 is 1.29 bits per heavy atom. The van der Waals surface area contributed by atoms with Gasteiger partial charge < -0.3 is 9.73 Å². The number of rotatable bonds is 3. The first-order valence-electron chi connectivity index (χ1n) is 4.96. The molecule has 1 aromatic heterocycles. The van der Waals surface area contributed by atoms with Crippen LogP contribution in [0.1, 0.15) is 19.4 Å². The maximum atomic E-state index is 5.44. The van der Waals surface area contributed by atoms with E-state index in [9.17, 15) is 0 Å². The number of para-hydroxylation sites is 1. The molecule has 2 rings (SSSR count). The van der Waals surface area contributed by atoms with Crippen molar-refractivity contribution in [2.24, 2.45) is 0 Å². The number of hydrogen-bond donors (Lipinski definition) is 1. The van der Waals surface area contributed by atoms with Crippen LogP contribution in [0.5, 0.6) is 0 Å². The summed E-state index contributed by atoms with van der Waals surface area (Å²) in [7, 11) is 0. The van der Waals surface area contributed by atoms with Gasteiger partial charge in [-0.05, 0) is 6.07 Å². The molecule has 0 saturated carbocycles. The molecule has 0 radical (unpaired) electrons. The lowest BCUT2D eigenvalue weighted by atomic mass is 10.2. The van der Waals surface area contributed by atoms with E-state index >= 15 is 0 Å². The summed E-state index contributed by atoms with van der Waals surface area (Å²) in [5, 5.41) is 4.59. The standard InChI is InChI=1S/C12H15NO/c1-9(2)13-7-10-8-14-12-6-4-3-5-11(10)12/h3-6,8-9,13H,7H2,1-2H3. The second-order valence-corrected chi connectivity index (χ2v) is 3.79. The lowest BCUT2D eigenvalue weighted by molar-refractivity contribution is 0.572. The van der Waals surface area contributed by atoms with Gasteiger partial charge in [0.05, 0.1) is 6.26 Å². The first-order valence-corrected chi connectivity index (χ1v) is 4.96. The van der Waals surface area contributed by atoms with Gasteiger partial charge >= 0.3 is 0 Å². The summed E-state index contributed by atoms with van der Waals surface area (Å²) in [6, 6.07) is 8.62. The van der Waals surface area contributed by atoms with Gasteiger partial charge in [0, 0.05) is 23.5 Å². The molecular formula is C12H15NO. The molecule has 0 unspecified atom stereocenters. The highest BCUT2D eigenvalue weighted by Gasteiger charge is 2.04. The molecule has 0 spiro atoms. The van der Waals surface area contributed by atoms with Gasteiger partial charge in [0.25, 0.3) is 0 Å². The number of nitrogens with one attached hydrogen (secondary N) is 1. The number of furan rings is 1. The molecule has 1 aromatic carbocycles. The molecule has 1 N–H and O–H groups in total. The third kappa shape index (κ3) is 1.80. The number of hydrogen-bond acceptors (Lipinski definition) is 2. The quantitative estimate of drug-likeness (QED) is 0.803. The Bertz CT molecular complexity index is 417. The molecule has 2 aromatic rings. The van der Waals surface area contributed by atoms with Crippen molar-refractivity contribution in [3.8, 4) is 0 Å². The highest BCUT2D eigenvalue weighted by atomic mass is 16.3. The van der Waals surface area contributed by atoms with E-state index in [-0.39, 0.29) is 0 Å². The molecule has 1 heterocycles. The summed E-state index contributed by atoms with van der Waals surface area (Å²) < 4.78 is 5.44. The molecule has 0 aliphatic heterocycles. The van der Waals surface area contributed by atoms with Gasteiger partial charge in [-0.15, -0.1) is 0 Å². The Morgan fingerprint density at radius 2 is 2.07 bits per heavy atom. The molecule has 0 atom stereocenters. The fourth-order valence-corrected chi connectivity index (χ4v) is 1.48. The van der Waals surface area contributed by atoms with Crippen LogP contribution in [0.2, 0.25) is 0 Å². The van der Waals surface area contributed by atoms with E-state index in [4.69, 9.17) is 4.42 Å². The average molecular weight is 189 g/mol. The molecule has 14 heavy (non-hydrogen) atoms. The van der Waals surface area contributed by atoms with Crippen LogP contribution in [0.4, 0.5) is 0 Å². The van der Waals surface area contributed by atoms with E-state index in [1.54, 1.807) is 0 Å². The second kappa shape index (κ2) is 3.84. The lowest BCUT2D eigenvalue weighted by Gasteiger charge is -2.05. The zero-order valence-corrected chi connectivity index (χ0v) is 8.58. The van der Waals surface area contributed by atoms with Gasteiger partial charge in [-0.1, -0.05) is 32.0 Å². The first-order chi connectivity index (χ1) is 6.77. The van der Waals surface area contributed by atoms with Gasteiger partial charge in [0.1, 0.15) is 5.58 Å². The van der Waals surface area contributed by atoms with Crippen LogP contribution < -0.4 is 5.32 Å². The summed E-state index contributed by atoms with van der Waals surface area (Å²) in [4.78, 5) is 0. The smallest absolute Gasteiger partial charge is 0.134 e. The third-order valence-corrected chi connectivity index (χ3v) is 2.26. The van der Waals surface area contributed by atoms with E-state index in [1.165, 1.54) is 10.9 Å². The minimum Gasteiger partial charge on any atom is -0.464 e. The number of fused-ring (bicyclic) bond motifs is 1. The molecule has 0 amide bonds. The summed E-state index contributed by atoms with van der Waals surface area (Å²) in [6.07, 6.45) is 1.83. The molecule has 0 saturated heterocycles. The predicted octanol–water partition coefficient (Wildman–Crippen LogP) is 2.93.